The summed E-state index contributed by atoms with van der Waals surface area (Å²) in [6.45, 7) is 2.09. The molecule has 0 amide bonds. The molecule has 3 nitrogen and oxygen atoms in total. The van der Waals surface area contributed by atoms with Gasteiger partial charge in [-0.05, 0) is 30.0 Å². The second-order valence-electron chi connectivity index (χ2n) is 4.18. The van der Waals surface area contributed by atoms with Crippen molar-refractivity contribution in [3.8, 4) is 17.2 Å². The molecule has 0 saturated carbocycles. The minimum absolute atomic E-state index is 0.330. The summed E-state index contributed by atoms with van der Waals surface area (Å²) in [6, 6.07) is 13.3. The minimum atomic E-state index is 0.330. The summed E-state index contributed by atoms with van der Waals surface area (Å²) in [6.07, 6.45) is 0. The molecule has 0 unspecified atom stereocenters. The predicted molar refractivity (Wildman–Crippen MR) is 91.8 cm³/mol. The van der Waals surface area contributed by atoms with E-state index in [1.54, 1.807) is 18.9 Å². The molecule has 0 aliphatic carbocycles. The van der Waals surface area contributed by atoms with E-state index in [1.165, 1.54) is 0 Å². The zero-order valence-corrected chi connectivity index (χ0v) is 13.6. The van der Waals surface area contributed by atoms with Crippen LogP contribution >= 0.6 is 24.0 Å². The summed E-state index contributed by atoms with van der Waals surface area (Å²) < 4.78 is 11.3. The summed E-state index contributed by atoms with van der Waals surface area (Å²) in [5, 5.41) is 0. The minimum Gasteiger partial charge on any atom is -0.493 e. The molecule has 2 aromatic carbocycles. The van der Waals surface area contributed by atoms with Crippen LogP contribution in [0.2, 0.25) is 0 Å². The fourth-order valence-electron chi connectivity index (χ4n) is 1.94. The molecule has 21 heavy (non-hydrogen) atoms. The van der Waals surface area contributed by atoms with E-state index in [-0.39, 0.29) is 0 Å². The van der Waals surface area contributed by atoms with Crippen molar-refractivity contribution in [2.24, 2.45) is 5.73 Å². The molecule has 0 aliphatic heterocycles. The van der Waals surface area contributed by atoms with Crippen molar-refractivity contribution in [1.29, 1.82) is 0 Å². The lowest BCUT2D eigenvalue weighted by Crippen LogP contribution is -2.12. The second-order valence-corrected chi connectivity index (χ2v) is 5.93. The number of rotatable bonds is 6. The molecular weight excluding hydrogens is 302 g/mol. The molecule has 0 fully saturated rings. The Morgan fingerprint density at radius 3 is 2.38 bits per heavy atom. The van der Waals surface area contributed by atoms with Crippen LogP contribution in [0, 0.1) is 0 Å². The average Bonchev–Trinajstić information content (AvgIpc) is 2.48. The highest BCUT2D eigenvalue weighted by Crippen LogP contribution is 2.36. The molecule has 0 saturated heterocycles. The highest BCUT2D eigenvalue weighted by atomic mass is 32.2. The van der Waals surface area contributed by atoms with Gasteiger partial charge in [0.2, 0.25) is 0 Å². The van der Waals surface area contributed by atoms with Gasteiger partial charge in [0, 0.05) is 4.90 Å². The van der Waals surface area contributed by atoms with E-state index >= 15 is 0 Å². The zero-order valence-electron chi connectivity index (χ0n) is 12.0. The number of hydrogen-bond acceptors (Lipinski definition) is 4. The molecule has 5 heteroatoms. The first-order valence-corrected chi connectivity index (χ1v) is 7.93. The maximum Gasteiger partial charge on any atom is 0.169 e. The first-order valence-electron chi connectivity index (χ1n) is 6.53. The number of ether oxygens (including phenoxy) is 2. The van der Waals surface area contributed by atoms with Gasteiger partial charge < -0.3 is 15.2 Å². The van der Waals surface area contributed by atoms with Crippen molar-refractivity contribution in [3.63, 3.8) is 0 Å². The standard InChI is InChI=1S/C16H17NO2S2/c1-3-21-14-10-6-9-13(15(14)16(17)20)19-12-8-5-4-7-11(12)18-2/h4-10H,3H2,1-2H3,(H2,17,20). The van der Waals surface area contributed by atoms with Crippen LogP contribution in [0.25, 0.3) is 0 Å². The maximum atomic E-state index is 5.97. The summed E-state index contributed by atoms with van der Waals surface area (Å²) >= 11 is 6.87. The molecule has 0 atom stereocenters. The molecule has 2 N–H and O–H groups in total. The molecule has 0 heterocycles. The molecule has 0 aromatic heterocycles. The Bertz CT molecular complexity index is 644. The van der Waals surface area contributed by atoms with Crippen LogP contribution in [0.1, 0.15) is 12.5 Å². The van der Waals surface area contributed by atoms with Gasteiger partial charge in [0.25, 0.3) is 0 Å². The van der Waals surface area contributed by atoms with Gasteiger partial charge in [0.1, 0.15) is 10.7 Å². The van der Waals surface area contributed by atoms with Crippen LogP contribution in [0.5, 0.6) is 17.2 Å². The van der Waals surface area contributed by atoms with Crippen molar-refractivity contribution in [1.82, 2.24) is 0 Å². The first-order chi connectivity index (χ1) is 10.2. The van der Waals surface area contributed by atoms with Crippen molar-refractivity contribution in [2.45, 2.75) is 11.8 Å². The molecule has 110 valence electrons. The smallest absolute Gasteiger partial charge is 0.169 e. The van der Waals surface area contributed by atoms with Crippen LogP contribution in [0.3, 0.4) is 0 Å². The first kappa shape index (κ1) is 15.7. The highest BCUT2D eigenvalue weighted by Gasteiger charge is 2.14. The van der Waals surface area contributed by atoms with E-state index in [9.17, 15) is 0 Å². The van der Waals surface area contributed by atoms with E-state index in [0.29, 0.717) is 22.2 Å². The van der Waals surface area contributed by atoms with Crippen LogP contribution in [0.15, 0.2) is 47.4 Å². The Labute approximate surface area is 134 Å². The van der Waals surface area contributed by atoms with Crippen molar-refractivity contribution in [2.75, 3.05) is 12.9 Å². The van der Waals surface area contributed by atoms with Gasteiger partial charge in [-0.3, -0.25) is 0 Å². The van der Waals surface area contributed by atoms with Gasteiger partial charge in [0.05, 0.1) is 12.7 Å². The quantitative estimate of drug-likeness (QED) is 0.637. The summed E-state index contributed by atoms with van der Waals surface area (Å²) in [7, 11) is 1.61. The number of methoxy groups -OCH3 is 1. The van der Waals surface area contributed by atoms with E-state index in [0.717, 1.165) is 16.2 Å². The Morgan fingerprint density at radius 1 is 1.10 bits per heavy atom. The molecule has 2 rings (SSSR count). The zero-order chi connectivity index (χ0) is 15.2. The summed E-state index contributed by atoms with van der Waals surface area (Å²) in [5.74, 6) is 2.88. The largest absolute Gasteiger partial charge is 0.493 e. The molecular formula is C16H17NO2S2. The molecule has 0 radical (unpaired) electrons. The number of nitrogens with two attached hydrogens (primary N) is 1. The number of benzene rings is 2. The lowest BCUT2D eigenvalue weighted by Gasteiger charge is -2.15. The number of thiocarbonyl (C=S) groups is 1. The SMILES string of the molecule is CCSc1cccc(Oc2ccccc2OC)c1C(N)=S. The van der Waals surface area contributed by atoms with E-state index in [4.69, 9.17) is 27.4 Å². The highest BCUT2D eigenvalue weighted by molar-refractivity contribution is 7.99. The summed E-state index contributed by atoms with van der Waals surface area (Å²) in [4.78, 5) is 1.36. The molecule has 0 spiro atoms. The third-order valence-electron chi connectivity index (χ3n) is 2.82. The topological polar surface area (TPSA) is 44.5 Å². The Morgan fingerprint density at radius 2 is 1.76 bits per heavy atom. The van der Waals surface area contributed by atoms with Gasteiger partial charge in [-0.15, -0.1) is 11.8 Å². The van der Waals surface area contributed by atoms with Gasteiger partial charge in [-0.2, -0.15) is 0 Å². The normalized spacial score (nSPS) is 10.2. The third kappa shape index (κ3) is 3.68. The van der Waals surface area contributed by atoms with Crippen LogP contribution in [-0.4, -0.2) is 17.9 Å². The van der Waals surface area contributed by atoms with Crippen LogP contribution in [-0.2, 0) is 0 Å². The average molecular weight is 319 g/mol. The van der Waals surface area contributed by atoms with Crippen LogP contribution < -0.4 is 15.2 Å². The van der Waals surface area contributed by atoms with E-state index in [2.05, 4.69) is 6.92 Å². The predicted octanol–water partition coefficient (Wildman–Crippen LogP) is 4.23. The molecule has 0 aliphatic rings. The Balaban J connectivity index is 2.44. The summed E-state index contributed by atoms with van der Waals surface area (Å²) in [5.41, 5.74) is 6.65. The third-order valence-corrected chi connectivity index (χ3v) is 3.97. The van der Waals surface area contributed by atoms with E-state index in [1.807, 2.05) is 42.5 Å². The van der Waals surface area contributed by atoms with E-state index < -0.39 is 0 Å². The van der Waals surface area contributed by atoms with Crippen LogP contribution in [0.4, 0.5) is 0 Å². The maximum absolute atomic E-state index is 5.97. The fourth-order valence-corrected chi connectivity index (χ4v) is 3.05. The second kappa shape index (κ2) is 7.33. The number of hydrogen-bond donors (Lipinski definition) is 1. The Kier molecular flexibility index (Phi) is 5.47. The number of para-hydroxylation sites is 2. The van der Waals surface area contributed by atoms with Gasteiger partial charge in [-0.25, -0.2) is 0 Å². The van der Waals surface area contributed by atoms with Gasteiger partial charge >= 0.3 is 0 Å². The van der Waals surface area contributed by atoms with Gasteiger partial charge in [0.15, 0.2) is 11.5 Å². The van der Waals surface area contributed by atoms with Crippen molar-refractivity contribution in [3.05, 3.63) is 48.0 Å². The lowest BCUT2D eigenvalue weighted by atomic mass is 10.2. The number of thioether (sulfide) groups is 1. The molecule has 0 bridgehead atoms. The molecule has 2 aromatic rings. The lowest BCUT2D eigenvalue weighted by molar-refractivity contribution is 0.378. The van der Waals surface area contributed by atoms with Crippen molar-refractivity contribution >= 4 is 29.0 Å². The monoisotopic (exact) mass is 319 g/mol. The van der Waals surface area contributed by atoms with Gasteiger partial charge in [-0.1, -0.05) is 37.3 Å². The van der Waals surface area contributed by atoms with Crippen molar-refractivity contribution < 1.29 is 9.47 Å². The fraction of sp³-hybridized carbons (Fsp3) is 0.188. The Hall–Kier alpha value is -1.72.